The van der Waals surface area contributed by atoms with E-state index in [4.69, 9.17) is 5.73 Å². The molecule has 0 heterocycles. The smallest absolute Gasteiger partial charge is 0.130 e. The van der Waals surface area contributed by atoms with Crippen LogP contribution < -0.4 is 5.73 Å². The van der Waals surface area contributed by atoms with Crippen molar-refractivity contribution >= 4 is 11.8 Å². The molecule has 1 nitrogen and oxygen atoms in total. The summed E-state index contributed by atoms with van der Waals surface area (Å²) in [5.74, 6) is -0.734. The Hall–Kier alpha value is -1.39. The van der Waals surface area contributed by atoms with Gasteiger partial charge in [-0.25, -0.2) is 8.78 Å². The second kappa shape index (κ2) is 5.98. The highest BCUT2D eigenvalue weighted by molar-refractivity contribution is 7.98. The molecule has 0 bridgehead atoms. The van der Waals surface area contributed by atoms with Crippen molar-refractivity contribution in [2.45, 2.75) is 17.2 Å². The quantitative estimate of drug-likeness (QED) is 0.853. The zero-order valence-corrected chi connectivity index (χ0v) is 10.5. The number of halogens is 2. The van der Waals surface area contributed by atoms with Gasteiger partial charge < -0.3 is 5.73 Å². The van der Waals surface area contributed by atoms with E-state index in [1.807, 2.05) is 24.3 Å². The van der Waals surface area contributed by atoms with E-state index < -0.39 is 11.6 Å². The van der Waals surface area contributed by atoms with Crippen molar-refractivity contribution < 1.29 is 8.78 Å². The van der Waals surface area contributed by atoms with E-state index in [1.54, 1.807) is 0 Å². The maximum atomic E-state index is 13.4. The largest absolute Gasteiger partial charge is 0.326 e. The number of hydrogen-bond donors (Lipinski definition) is 1. The molecular weight excluding hydrogens is 252 g/mol. The van der Waals surface area contributed by atoms with Crippen molar-refractivity contribution in [1.29, 1.82) is 0 Å². The minimum atomic E-state index is -0.502. The SMILES string of the molecule is NCc1cccc(SCc2c(F)cccc2F)c1. The molecule has 0 saturated heterocycles. The maximum absolute atomic E-state index is 13.4. The van der Waals surface area contributed by atoms with Gasteiger partial charge in [0, 0.05) is 22.8 Å². The van der Waals surface area contributed by atoms with Crippen LogP contribution in [0.5, 0.6) is 0 Å². The van der Waals surface area contributed by atoms with Crippen LogP contribution in [0.2, 0.25) is 0 Å². The van der Waals surface area contributed by atoms with Gasteiger partial charge in [-0.1, -0.05) is 18.2 Å². The van der Waals surface area contributed by atoms with Crippen molar-refractivity contribution in [1.82, 2.24) is 0 Å². The zero-order valence-electron chi connectivity index (χ0n) is 9.70. The average Bonchev–Trinajstić information content (AvgIpc) is 2.38. The lowest BCUT2D eigenvalue weighted by Gasteiger charge is -2.06. The third kappa shape index (κ3) is 3.09. The summed E-state index contributed by atoms with van der Waals surface area (Å²) < 4.78 is 26.9. The average molecular weight is 265 g/mol. The Morgan fingerprint density at radius 2 is 1.67 bits per heavy atom. The van der Waals surface area contributed by atoms with Gasteiger partial charge in [0.1, 0.15) is 11.6 Å². The predicted octanol–water partition coefficient (Wildman–Crippen LogP) is 3.72. The standard InChI is InChI=1S/C14H13F2NS/c15-13-5-2-6-14(16)12(13)9-18-11-4-1-3-10(7-11)8-17/h1-7H,8-9,17H2. The van der Waals surface area contributed by atoms with Gasteiger partial charge in [0.15, 0.2) is 0 Å². The van der Waals surface area contributed by atoms with Crippen molar-refractivity contribution in [2.75, 3.05) is 0 Å². The Morgan fingerprint density at radius 3 is 2.33 bits per heavy atom. The Balaban J connectivity index is 2.11. The first kappa shape index (κ1) is 13.1. The Kier molecular flexibility index (Phi) is 4.33. The minimum absolute atomic E-state index is 0.112. The highest BCUT2D eigenvalue weighted by atomic mass is 32.2. The molecule has 0 spiro atoms. The Bertz CT molecular complexity index is 523. The van der Waals surface area contributed by atoms with Gasteiger partial charge in [0.25, 0.3) is 0 Å². The Labute approximate surface area is 109 Å². The van der Waals surface area contributed by atoms with Crippen molar-refractivity contribution in [2.24, 2.45) is 5.73 Å². The lowest BCUT2D eigenvalue weighted by Crippen LogP contribution is -1.96. The van der Waals surface area contributed by atoms with Crippen LogP contribution in [0, 0.1) is 11.6 Å². The van der Waals surface area contributed by atoms with Crippen LogP contribution in [0.1, 0.15) is 11.1 Å². The molecule has 2 aromatic carbocycles. The van der Waals surface area contributed by atoms with Gasteiger partial charge in [-0.2, -0.15) is 0 Å². The molecule has 2 rings (SSSR count). The molecule has 2 aromatic rings. The molecule has 0 aliphatic rings. The molecule has 0 saturated carbocycles. The molecule has 94 valence electrons. The summed E-state index contributed by atoms with van der Waals surface area (Å²) in [6.45, 7) is 0.461. The second-order valence-electron chi connectivity index (χ2n) is 3.84. The van der Waals surface area contributed by atoms with Crippen molar-refractivity contribution in [3.63, 3.8) is 0 Å². The lowest BCUT2D eigenvalue weighted by atomic mass is 10.2. The first-order chi connectivity index (χ1) is 8.70. The maximum Gasteiger partial charge on any atom is 0.130 e. The summed E-state index contributed by atoms with van der Waals surface area (Å²) in [6, 6.07) is 11.6. The summed E-state index contributed by atoms with van der Waals surface area (Å²) in [5.41, 5.74) is 6.67. The van der Waals surface area contributed by atoms with E-state index in [9.17, 15) is 8.78 Å². The predicted molar refractivity (Wildman–Crippen MR) is 70.3 cm³/mol. The molecule has 0 amide bonds. The number of nitrogens with two attached hydrogens (primary N) is 1. The first-order valence-corrected chi connectivity index (χ1v) is 6.54. The second-order valence-corrected chi connectivity index (χ2v) is 4.89. The molecule has 0 unspecified atom stereocenters. The molecule has 4 heteroatoms. The summed E-state index contributed by atoms with van der Waals surface area (Å²) in [6.07, 6.45) is 0. The van der Waals surface area contributed by atoms with E-state index in [0.717, 1.165) is 10.5 Å². The van der Waals surface area contributed by atoms with Gasteiger partial charge in [-0.15, -0.1) is 11.8 Å². The summed E-state index contributed by atoms with van der Waals surface area (Å²) in [5, 5.41) is 0. The van der Waals surface area contributed by atoms with Crippen LogP contribution in [0.3, 0.4) is 0 Å². The van der Waals surface area contributed by atoms with Gasteiger partial charge in [-0.05, 0) is 29.8 Å². The van der Waals surface area contributed by atoms with Crippen LogP contribution in [0.25, 0.3) is 0 Å². The van der Waals surface area contributed by atoms with Gasteiger partial charge in [0.05, 0.1) is 0 Å². The van der Waals surface area contributed by atoms with Crippen LogP contribution in [0.15, 0.2) is 47.4 Å². The van der Waals surface area contributed by atoms with Crippen LogP contribution in [-0.4, -0.2) is 0 Å². The number of thioether (sulfide) groups is 1. The molecule has 0 atom stereocenters. The van der Waals surface area contributed by atoms with E-state index in [2.05, 4.69) is 0 Å². The van der Waals surface area contributed by atoms with Gasteiger partial charge >= 0.3 is 0 Å². The van der Waals surface area contributed by atoms with Crippen molar-refractivity contribution in [3.8, 4) is 0 Å². The molecule has 0 fully saturated rings. The van der Waals surface area contributed by atoms with Crippen LogP contribution in [-0.2, 0) is 12.3 Å². The molecule has 0 aliphatic heterocycles. The fourth-order valence-corrected chi connectivity index (χ4v) is 2.58. The highest BCUT2D eigenvalue weighted by Crippen LogP contribution is 2.26. The topological polar surface area (TPSA) is 26.0 Å². The van der Waals surface area contributed by atoms with Crippen molar-refractivity contribution in [3.05, 3.63) is 65.2 Å². The lowest BCUT2D eigenvalue weighted by molar-refractivity contribution is 0.566. The zero-order chi connectivity index (χ0) is 13.0. The number of rotatable bonds is 4. The van der Waals surface area contributed by atoms with Gasteiger partial charge in [0.2, 0.25) is 0 Å². The minimum Gasteiger partial charge on any atom is -0.326 e. The molecule has 0 aliphatic carbocycles. The molecule has 2 N–H and O–H groups in total. The molecule has 18 heavy (non-hydrogen) atoms. The fourth-order valence-electron chi connectivity index (χ4n) is 1.59. The van der Waals surface area contributed by atoms with Gasteiger partial charge in [-0.3, -0.25) is 0 Å². The third-order valence-corrected chi connectivity index (χ3v) is 3.60. The summed E-state index contributed by atoms with van der Waals surface area (Å²) in [4.78, 5) is 0.959. The van der Waals surface area contributed by atoms with E-state index in [0.29, 0.717) is 6.54 Å². The Morgan fingerprint density at radius 1 is 1.00 bits per heavy atom. The van der Waals surface area contributed by atoms with E-state index in [1.165, 1.54) is 30.0 Å². The van der Waals surface area contributed by atoms with Crippen LogP contribution >= 0.6 is 11.8 Å². The van der Waals surface area contributed by atoms with Crippen LogP contribution in [0.4, 0.5) is 8.78 Å². The third-order valence-electron chi connectivity index (χ3n) is 2.58. The molecule has 0 radical (unpaired) electrons. The number of hydrogen-bond acceptors (Lipinski definition) is 2. The van der Waals surface area contributed by atoms with E-state index >= 15 is 0 Å². The summed E-state index contributed by atoms with van der Waals surface area (Å²) in [7, 11) is 0. The fraction of sp³-hybridized carbons (Fsp3) is 0.143. The first-order valence-electron chi connectivity index (χ1n) is 5.55. The van der Waals surface area contributed by atoms with E-state index in [-0.39, 0.29) is 11.3 Å². The number of benzene rings is 2. The highest BCUT2D eigenvalue weighted by Gasteiger charge is 2.08. The monoisotopic (exact) mass is 265 g/mol. The molecular formula is C14H13F2NS. The molecule has 0 aromatic heterocycles. The normalized spacial score (nSPS) is 10.6. The summed E-state index contributed by atoms with van der Waals surface area (Å²) >= 11 is 1.40.